The SMILES string of the molecule is C#CC(C)(CCCC(C)C)OC(=O)Nc1ccccc1. The molecule has 3 heteroatoms. The molecule has 1 rings (SSSR count). The zero-order valence-corrected chi connectivity index (χ0v) is 12.5. The van der Waals surface area contributed by atoms with Crippen molar-refractivity contribution in [2.45, 2.75) is 45.6 Å². The Balaban J connectivity index is 2.50. The zero-order chi connectivity index (χ0) is 15.0. The van der Waals surface area contributed by atoms with Crippen LogP contribution in [0.4, 0.5) is 10.5 Å². The van der Waals surface area contributed by atoms with Crippen molar-refractivity contribution >= 4 is 11.8 Å². The molecule has 0 aliphatic heterocycles. The Hall–Kier alpha value is -1.95. The number of nitrogens with one attached hydrogen (secondary N) is 1. The second kappa shape index (κ2) is 7.59. The molecule has 3 nitrogen and oxygen atoms in total. The predicted molar refractivity (Wildman–Crippen MR) is 82.5 cm³/mol. The number of hydrogen-bond donors (Lipinski definition) is 1. The van der Waals surface area contributed by atoms with Crippen molar-refractivity contribution in [3.8, 4) is 12.3 Å². The minimum Gasteiger partial charge on any atom is -0.430 e. The van der Waals surface area contributed by atoms with Crippen molar-refractivity contribution in [2.75, 3.05) is 5.32 Å². The van der Waals surface area contributed by atoms with Gasteiger partial charge >= 0.3 is 6.09 Å². The van der Waals surface area contributed by atoms with Gasteiger partial charge in [0.25, 0.3) is 0 Å². The maximum Gasteiger partial charge on any atom is 0.413 e. The van der Waals surface area contributed by atoms with E-state index in [2.05, 4.69) is 25.1 Å². The van der Waals surface area contributed by atoms with Crippen molar-refractivity contribution in [1.29, 1.82) is 0 Å². The normalized spacial score (nSPS) is 13.3. The highest BCUT2D eigenvalue weighted by atomic mass is 16.6. The Kier molecular flexibility index (Phi) is 6.11. The molecular formula is C17H23NO2. The second-order valence-corrected chi connectivity index (χ2v) is 5.54. The van der Waals surface area contributed by atoms with Gasteiger partial charge in [-0.2, -0.15) is 0 Å². The molecule has 0 aliphatic rings. The third-order valence-electron chi connectivity index (χ3n) is 3.08. The van der Waals surface area contributed by atoms with Gasteiger partial charge < -0.3 is 4.74 Å². The third kappa shape index (κ3) is 5.79. The Morgan fingerprint density at radius 2 is 2.05 bits per heavy atom. The van der Waals surface area contributed by atoms with Gasteiger partial charge in [-0.1, -0.05) is 44.4 Å². The Morgan fingerprint density at radius 1 is 1.40 bits per heavy atom. The molecule has 1 aromatic carbocycles. The molecule has 0 saturated heterocycles. The average molecular weight is 273 g/mol. The van der Waals surface area contributed by atoms with Crippen molar-refractivity contribution in [3.05, 3.63) is 30.3 Å². The number of anilines is 1. The molecule has 1 aromatic rings. The number of amides is 1. The number of para-hydroxylation sites is 1. The summed E-state index contributed by atoms with van der Waals surface area (Å²) in [5.41, 5.74) is -0.160. The van der Waals surface area contributed by atoms with Crippen LogP contribution in [0, 0.1) is 18.3 Å². The van der Waals surface area contributed by atoms with Crippen LogP contribution in [0.1, 0.15) is 40.0 Å². The summed E-state index contributed by atoms with van der Waals surface area (Å²) in [4.78, 5) is 11.9. The lowest BCUT2D eigenvalue weighted by molar-refractivity contribution is 0.0690. The number of carbonyl (C=O) groups is 1. The highest BCUT2D eigenvalue weighted by Crippen LogP contribution is 2.21. The van der Waals surface area contributed by atoms with Crippen LogP contribution in [0.2, 0.25) is 0 Å². The van der Waals surface area contributed by atoms with E-state index in [4.69, 9.17) is 11.2 Å². The number of carbonyl (C=O) groups excluding carboxylic acids is 1. The van der Waals surface area contributed by atoms with Gasteiger partial charge in [-0.05, 0) is 37.8 Å². The molecular weight excluding hydrogens is 250 g/mol. The first-order valence-electron chi connectivity index (χ1n) is 6.98. The third-order valence-corrected chi connectivity index (χ3v) is 3.08. The smallest absolute Gasteiger partial charge is 0.413 e. The van der Waals surface area contributed by atoms with E-state index in [0.29, 0.717) is 18.0 Å². The summed E-state index contributed by atoms with van der Waals surface area (Å²) in [6, 6.07) is 9.17. The molecule has 0 saturated carbocycles. The fourth-order valence-electron chi connectivity index (χ4n) is 1.87. The van der Waals surface area contributed by atoms with Crippen LogP contribution in [-0.2, 0) is 4.74 Å². The van der Waals surface area contributed by atoms with Gasteiger partial charge in [0, 0.05) is 5.69 Å². The molecule has 0 aliphatic carbocycles. The maximum absolute atomic E-state index is 11.9. The van der Waals surface area contributed by atoms with E-state index in [1.807, 2.05) is 18.2 Å². The summed E-state index contributed by atoms with van der Waals surface area (Å²) in [5.74, 6) is 3.21. The topological polar surface area (TPSA) is 38.3 Å². The van der Waals surface area contributed by atoms with Crippen molar-refractivity contribution in [3.63, 3.8) is 0 Å². The first kappa shape index (κ1) is 16.1. The highest BCUT2D eigenvalue weighted by Gasteiger charge is 2.26. The van der Waals surface area contributed by atoms with Gasteiger partial charge in [0.1, 0.15) is 0 Å². The number of rotatable bonds is 6. The standard InChI is InChI=1S/C17H23NO2/c1-5-17(4,13-9-10-14(2)3)20-16(19)18-15-11-7-6-8-12-15/h1,6-8,11-12,14H,9-10,13H2,2-4H3,(H,18,19). The predicted octanol–water partition coefficient (Wildman–Crippen LogP) is 4.45. The largest absolute Gasteiger partial charge is 0.430 e. The van der Waals surface area contributed by atoms with E-state index in [1.165, 1.54) is 0 Å². The lowest BCUT2D eigenvalue weighted by Crippen LogP contribution is -2.32. The van der Waals surface area contributed by atoms with Crippen molar-refractivity contribution in [2.24, 2.45) is 5.92 Å². The highest BCUT2D eigenvalue weighted by molar-refractivity contribution is 5.84. The number of hydrogen-bond acceptors (Lipinski definition) is 2. The Morgan fingerprint density at radius 3 is 2.60 bits per heavy atom. The van der Waals surface area contributed by atoms with Gasteiger partial charge in [-0.3, -0.25) is 5.32 Å². The van der Waals surface area contributed by atoms with Crippen LogP contribution < -0.4 is 5.32 Å². The Labute approximate surface area is 121 Å². The summed E-state index contributed by atoms with van der Waals surface area (Å²) in [7, 11) is 0. The van der Waals surface area contributed by atoms with E-state index in [0.717, 1.165) is 12.8 Å². The van der Waals surface area contributed by atoms with Crippen LogP contribution in [0.25, 0.3) is 0 Å². The van der Waals surface area contributed by atoms with Gasteiger partial charge in [-0.15, -0.1) is 6.42 Å². The van der Waals surface area contributed by atoms with Crippen molar-refractivity contribution < 1.29 is 9.53 Å². The first-order chi connectivity index (χ1) is 9.45. The van der Waals surface area contributed by atoms with E-state index in [1.54, 1.807) is 19.1 Å². The average Bonchev–Trinajstić information content (AvgIpc) is 2.39. The quantitative estimate of drug-likeness (QED) is 0.777. The van der Waals surface area contributed by atoms with Crippen LogP contribution in [0.5, 0.6) is 0 Å². The fourth-order valence-corrected chi connectivity index (χ4v) is 1.87. The van der Waals surface area contributed by atoms with Gasteiger partial charge in [-0.25, -0.2) is 4.79 Å². The lowest BCUT2D eigenvalue weighted by Gasteiger charge is -2.24. The Bertz CT molecular complexity index is 462. The molecule has 0 heterocycles. The monoisotopic (exact) mass is 273 g/mol. The van der Waals surface area contributed by atoms with Crippen LogP contribution in [-0.4, -0.2) is 11.7 Å². The molecule has 1 unspecified atom stereocenters. The lowest BCUT2D eigenvalue weighted by atomic mass is 9.96. The first-order valence-corrected chi connectivity index (χ1v) is 6.98. The van der Waals surface area contributed by atoms with Crippen molar-refractivity contribution in [1.82, 2.24) is 0 Å². The summed E-state index contributed by atoms with van der Waals surface area (Å²) < 4.78 is 5.39. The summed E-state index contributed by atoms with van der Waals surface area (Å²) >= 11 is 0. The van der Waals surface area contributed by atoms with E-state index >= 15 is 0 Å². The molecule has 1 N–H and O–H groups in total. The number of terminal acetylenes is 1. The number of ether oxygens (including phenoxy) is 1. The van der Waals surface area contributed by atoms with Gasteiger partial charge in [0.2, 0.25) is 0 Å². The molecule has 0 radical (unpaired) electrons. The van der Waals surface area contributed by atoms with Gasteiger partial charge in [0.15, 0.2) is 5.60 Å². The van der Waals surface area contributed by atoms with Crippen LogP contribution in [0.15, 0.2) is 30.3 Å². The van der Waals surface area contributed by atoms with Crippen LogP contribution >= 0.6 is 0 Å². The molecule has 0 bridgehead atoms. The molecule has 0 fully saturated rings. The molecule has 20 heavy (non-hydrogen) atoms. The second-order valence-electron chi connectivity index (χ2n) is 5.54. The van der Waals surface area contributed by atoms with E-state index in [9.17, 15) is 4.79 Å². The molecule has 1 atom stereocenters. The maximum atomic E-state index is 11.9. The summed E-state index contributed by atoms with van der Waals surface area (Å²) in [5, 5.41) is 2.67. The summed E-state index contributed by atoms with van der Waals surface area (Å²) in [6.45, 7) is 6.10. The molecule has 1 amide bonds. The van der Waals surface area contributed by atoms with E-state index < -0.39 is 11.7 Å². The minimum atomic E-state index is -0.853. The molecule has 108 valence electrons. The molecule has 0 spiro atoms. The van der Waals surface area contributed by atoms with Gasteiger partial charge in [0.05, 0.1) is 0 Å². The summed E-state index contributed by atoms with van der Waals surface area (Å²) in [6.07, 6.45) is 7.68. The fraction of sp³-hybridized carbons (Fsp3) is 0.471. The zero-order valence-electron chi connectivity index (χ0n) is 12.5. The van der Waals surface area contributed by atoms with E-state index in [-0.39, 0.29) is 0 Å². The molecule has 0 aromatic heterocycles. The minimum absolute atomic E-state index is 0.513. The number of benzene rings is 1. The van der Waals surface area contributed by atoms with Crippen LogP contribution in [0.3, 0.4) is 0 Å².